The van der Waals surface area contributed by atoms with Crippen LogP contribution in [0.5, 0.6) is 11.5 Å². The molecule has 0 fully saturated rings. The van der Waals surface area contributed by atoms with Crippen LogP contribution < -0.4 is 9.05 Å². The van der Waals surface area contributed by atoms with Crippen LogP contribution in [-0.2, 0) is 21.7 Å². The lowest BCUT2D eigenvalue weighted by molar-refractivity contribution is 0.409. The topological polar surface area (TPSA) is 18.5 Å². The summed E-state index contributed by atoms with van der Waals surface area (Å²) >= 11 is 0. The van der Waals surface area contributed by atoms with Gasteiger partial charge in [0.05, 0.1) is 0 Å². The van der Waals surface area contributed by atoms with Gasteiger partial charge in [-0.1, -0.05) is 208 Å². The van der Waals surface area contributed by atoms with Crippen LogP contribution in [0, 0.1) is 0 Å². The van der Waals surface area contributed by atoms with Gasteiger partial charge in [-0.3, -0.25) is 0 Å². The molecule has 1 aliphatic rings. The summed E-state index contributed by atoms with van der Waals surface area (Å²) in [5.74, 6) is 0.937. The van der Waals surface area contributed by atoms with Crippen LogP contribution in [0.15, 0.2) is 146 Å². The van der Waals surface area contributed by atoms with E-state index < -0.39 is 19.5 Å². The first kappa shape index (κ1) is 37.6. The lowest BCUT2D eigenvalue weighted by atomic mass is 9.69. The highest BCUT2D eigenvalue weighted by Gasteiger charge is 2.40. The minimum absolute atomic E-state index is 0.201. The molecule has 0 aromatic heterocycles. The van der Waals surface area contributed by atoms with Gasteiger partial charge in [0, 0.05) is 49.8 Å². The van der Waals surface area contributed by atoms with Crippen molar-refractivity contribution in [1.82, 2.24) is 0 Å². The second kappa shape index (κ2) is 14.2. The van der Waals surface area contributed by atoms with Crippen molar-refractivity contribution in [1.29, 1.82) is 0 Å². The van der Waals surface area contributed by atoms with Crippen LogP contribution in [0.4, 0.5) is 4.20 Å². The van der Waals surface area contributed by atoms with Crippen molar-refractivity contribution in [2.45, 2.75) is 89.9 Å². The Hall–Kier alpha value is -4.72. The maximum Gasteiger partial charge on any atom is 0.505 e. The van der Waals surface area contributed by atoms with Gasteiger partial charge in [-0.15, -0.1) is 4.20 Å². The van der Waals surface area contributed by atoms with Crippen molar-refractivity contribution in [3.8, 4) is 11.5 Å². The molecule has 0 saturated heterocycles. The summed E-state index contributed by atoms with van der Waals surface area (Å²) in [6.45, 7) is 20.2. The zero-order chi connectivity index (χ0) is 38.5. The van der Waals surface area contributed by atoms with Crippen molar-refractivity contribution in [3.05, 3.63) is 201 Å². The fraction of sp³-hybridized carbons (Fsp3) is 0.280. The number of rotatable bonds is 8. The fourth-order valence-electron chi connectivity index (χ4n) is 8.19. The molecule has 6 aromatic carbocycles. The third-order valence-electron chi connectivity index (χ3n) is 12.3. The summed E-state index contributed by atoms with van der Waals surface area (Å²) in [6.07, 6.45) is 0. The number of halogens is 1. The van der Waals surface area contributed by atoms with Gasteiger partial charge in [-0.2, -0.15) is 0 Å². The molecule has 0 spiro atoms. The average Bonchev–Trinajstić information content (AvgIpc) is 3.18. The zero-order valence-corrected chi connectivity index (χ0v) is 34.0. The minimum Gasteiger partial charge on any atom is -0.414 e. The molecule has 0 aliphatic carbocycles. The van der Waals surface area contributed by atoms with Crippen LogP contribution in [-0.4, -0.2) is 0 Å². The van der Waals surface area contributed by atoms with Crippen LogP contribution in [0.25, 0.3) is 0 Å². The summed E-state index contributed by atoms with van der Waals surface area (Å²) in [7, 11) is -2.86. The van der Waals surface area contributed by atoms with E-state index >= 15 is 4.20 Å². The highest BCUT2D eigenvalue weighted by molar-refractivity contribution is 7.42. The highest BCUT2D eigenvalue weighted by atomic mass is 31.2. The molecule has 276 valence electrons. The third kappa shape index (κ3) is 6.66. The third-order valence-corrected chi connectivity index (χ3v) is 12.9. The van der Waals surface area contributed by atoms with E-state index in [1.807, 2.05) is 12.1 Å². The van der Waals surface area contributed by atoms with Crippen LogP contribution >= 0.6 is 8.69 Å². The standard InChI is InChI=1S/C50H52FO2P/c1-34-41-30-39(47(2,3)35-22-14-10-15-23-35)32-43(49(6,7)37-26-18-12-19-27-37)45(41)52-54(51)53-46-42(34)31-40(48(4,5)36-24-16-11-17-25-36)33-44(46)50(8,9)38-28-20-13-21-29-38/h10-34H,1-9H3. The fourth-order valence-corrected chi connectivity index (χ4v) is 8.93. The van der Waals surface area contributed by atoms with Crippen LogP contribution in [0.1, 0.15) is 124 Å². The van der Waals surface area contributed by atoms with E-state index in [-0.39, 0.29) is 16.7 Å². The van der Waals surface area contributed by atoms with Gasteiger partial charge in [0.15, 0.2) is 0 Å². The molecule has 0 amide bonds. The molecule has 0 N–H and O–H groups in total. The largest absolute Gasteiger partial charge is 0.505 e. The molecule has 0 saturated carbocycles. The second-order valence-corrected chi connectivity index (χ2v) is 17.8. The molecule has 0 atom stereocenters. The number of hydrogen-bond donors (Lipinski definition) is 0. The smallest absolute Gasteiger partial charge is 0.414 e. The number of fused-ring (bicyclic) bond motifs is 2. The van der Waals surface area contributed by atoms with E-state index in [9.17, 15) is 0 Å². The quantitative estimate of drug-likeness (QED) is 0.145. The summed E-state index contributed by atoms with van der Waals surface area (Å²) in [6, 6.07) is 51.2. The second-order valence-electron chi connectivity index (χ2n) is 17.0. The van der Waals surface area contributed by atoms with E-state index in [4.69, 9.17) is 9.05 Å². The lowest BCUT2D eigenvalue weighted by Gasteiger charge is -2.38. The van der Waals surface area contributed by atoms with Crippen molar-refractivity contribution >= 4 is 8.69 Å². The normalized spacial score (nSPS) is 16.3. The molecule has 0 bridgehead atoms. The Bertz CT molecular complexity index is 2080. The molecule has 0 unspecified atom stereocenters. The maximum atomic E-state index is 16.9. The van der Waals surface area contributed by atoms with Gasteiger partial charge in [-0.05, 0) is 33.4 Å². The van der Waals surface area contributed by atoms with E-state index in [0.29, 0.717) is 11.5 Å². The molecule has 0 radical (unpaired) electrons. The van der Waals surface area contributed by atoms with Crippen LogP contribution in [0.3, 0.4) is 0 Å². The molecular formula is C50H52FO2P. The molecule has 4 heteroatoms. The summed E-state index contributed by atoms with van der Waals surface area (Å²) in [5, 5.41) is 0. The first-order valence-electron chi connectivity index (χ1n) is 19.0. The zero-order valence-electron chi connectivity index (χ0n) is 33.1. The molecule has 54 heavy (non-hydrogen) atoms. The molecule has 7 rings (SSSR count). The Morgan fingerprint density at radius 3 is 0.981 bits per heavy atom. The van der Waals surface area contributed by atoms with Gasteiger partial charge >= 0.3 is 8.69 Å². The van der Waals surface area contributed by atoms with Crippen LogP contribution in [0.2, 0.25) is 0 Å². The monoisotopic (exact) mass is 734 g/mol. The van der Waals surface area contributed by atoms with Gasteiger partial charge in [0.2, 0.25) is 0 Å². The number of benzene rings is 6. The maximum absolute atomic E-state index is 16.9. The highest BCUT2D eigenvalue weighted by Crippen LogP contribution is 2.57. The molecule has 1 aliphatic heterocycles. The Kier molecular flexibility index (Phi) is 9.86. The molecular weight excluding hydrogens is 683 g/mol. The van der Waals surface area contributed by atoms with Gasteiger partial charge < -0.3 is 9.05 Å². The predicted octanol–water partition coefficient (Wildman–Crippen LogP) is 14.1. The minimum atomic E-state index is -2.86. The van der Waals surface area contributed by atoms with Crippen molar-refractivity contribution in [2.75, 3.05) is 0 Å². The lowest BCUT2D eigenvalue weighted by Crippen LogP contribution is -2.27. The Morgan fingerprint density at radius 2 is 0.685 bits per heavy atom. The van der Waals surface area contributed by atoms with Crippen molar-refractivity contribution < 1.29 is 13.2 Å². The van der Waals surface area contributed by atoms with E-state index in [1.54, 1.807) is 0 Å². The van der Waals surface area contributed by atoms with Gasteiger partial charge in [0.25, 0.3) is 0 Å². The van der Waals surface area contributed by atoms with Gasteiger partial charge in [0.1, 0.15) is 11.5 Å². The van der Waals surface area contributed by atoms with E-state index in [1.165, 1.54) is 11.1 Å². The first-order valence-corrected chi connectivity index (χ1v) is 20.1. The molecule has 1 heterocycles. The van der Waals surface area contributed by atoms with E-state index in [2.05, 4.69) is 196 Å². The summed E-state index contributed by atoms with van der Waals surface area (Å²) in [4.78, 5) is 0. The van der Waals surface area contributed by atoms with Crippen molar-refractivity contribution in [2.24, 2.45) is 0 Å². The van der Waals surface area contributed by atoms with Crippen molar-refractivity contribution in [3.63, 3.8) is 0 Å². The van der Waals surface area contributed by atoms with E-state index in [0.717, 1.165) is 44.5 Å². The Balaban J connectivity index is 1.54. The number of hydrogen-bond acceptors (Lipinski definition) is 2. The first-order chi connectivity index (χ1) is 25.6. The average molecular weight is 735 g/mol. The summed E-state index contributed by atoms with van der Waals surface area (Å²) < 4.78 is 29.9. The Morgan fingerprint density at radius 1 is 0.407 bits per heavy atom. The molecule has 6 aromatic rings. The summed E-state index contributed by atoms with van der Waals surface area (Å²) in [5.41, 5.74) is 9.07. The predicted molar refractivity (Wildman–Crippen MR) is 224 cm³/mol. The molecule has 2 nitrogen and oxygen atoms in total. The van der Waals surface area contributed by atoms with Gasteiger partial charge in [-0.25, -0.2) is 0 Å². The Labute approximate surface area is 323 Å². The SMILES string of the molecule is CC1c2cc(C(C)(C)c3ccccc3)cc(C(C)(C)c3ccccc3)c2OP(F)Oc2c1cc(C(C)(C)c1ccccc1)cc2C(C)(C)c1ccccc1.